The van der Waals surface area contributed by atoms with Crippen LogP contribution in [0.1, 0.15) is 0 Å². The molecule has 1 rings (SSSR count). The fourth-order valence-electron chi connectivity index (χ4n) is 0.278. The standard InChI is InChI=1S/C4H5N.C2H2Cl2O/c1-2-4-5-3-1;3-1-2(4)5/h1-5H;1H2. The predicted molar refractivity (Wildman–Crippen MR) is 42.4 cm³/mol. The number of alkyl halides is 1. The lowest BCUT2D eigenvalue weighted by Gasteiger charge is -1.65. The third-order valence-electron chi connectivity index (χ3n) is 0.601. The van der Waals surface area contributed by atoms with Crippen LogP contribution in [0.25, 0.3) is 0 Å². The fourth-order valence-corrected chi connectivity index (χ4v) is 0.278. The fraction of sp³-hybridized carbons (Fsp3) is 0.167. The molecule has 2 nitrogen and oxygen atoms in total. The average molecular weight is 180 g/mol. The summed E-state index contributed by atoms with van der Waals surface area (Å²) < 4.78 is 0. The van der Waals surface area contributed by atoms with E-state index in [9.17, 15) is 4.79 Å². The summed E-state index contributed by atoms with van der Waals surface area (Å²) in [5.74, 6) is -0.0957. The molecule has 0 aromatic carbocycles. The van der Waals surface area contributed by atoms with Gasteiger partial charge in [0.15, 0.2) is 0 Å². The monoisotopic (exact) mass is 179 g/mol. The van der Waals surface area contributed by atoms with Crippen molar-refractivity contribution in [3.63, 3.8) is 0 Å². The lowest BCUT2D eigenvalue weighted by atomic mass is 10.7. The number of hydrogen-bond donors (Lipinski definition) is 1. The molecule has 0 atom stereocenters. The minimum atomic E-state index is -0.508. The Bertz CT molecular complexity index is 145. The third-order valence-corrected chi connectivity index (χ3v) is 1.11. The second-order valence-corrected chi connectivity index (χ2v) is 2.06. The molecule has 0 saturated carbocycles. The Balaban J connectivity index is 0.000000162. The minimum Gasteiger partial charge on any atom is -0.368 e. The van der Waals surface area contributed by atoms with Gasteiger partial charge in [-0.15, -0.1) is 11.6 Å². The molecular weight excluding hydrogens is 173 g/mol. The van der Waals surface area contributed by atoms with Gasteiger partial charge in [0.1, 0.15) is 0 Å². The molecular formula is C6H7Cl2NO. The third kappa shape index (κ3) is 7.53. The largest absolute Gasteiger partial charge is 0.368 e. The summed E-state index contributed by atoms with van der Waals surface area (Å²) in [5.41, 5.74) is 0. The number of rotatable bonds is 1. The summed E-state index contributed by atoms with van der Waals surface area (Å²) in [7, 11) is 0. The molecule has 0 radical (unpaired) electrons. The summed E-state index contributed by atoms with van der Waals surface area (Å²) in [5, 5.41) is -0.508. The van der Waals surface area contributed by atoms with Gasteiger partial charge in [0.2, 0.25) is 5.24 Å². The molecule has 0 saturated heterocycles. The van der Waals surface area contributed by atoms with Gasteiger partial charge in [-0.05, 0) is 23.7 Å². The van der Waals surface area contributed by atoms with Crippen molar-refractivity contribution in [1.29, 1.82) is 0 Å². The summed E-state index contributed by atoms with van der Waals surface area (Å²) in [6.45, 7) is 0. The maximum absolute atomic E-state index is 9.45. The second-order valence-electron chi connectivity index (χ2n) is 1.37. The van der Waals surface area contributed by atoms with Crippen LogP contribution >= 0.6 is 23.2 Å². The lowest BCUT2D eigenvalue weighted by molar-refractivity contribution is -0.109. The number of H-pyrrole nitrogens is 1. The Kier molecular flexibility index (Phi) is 6.33. The van der Waals surface area contributed by atoms with E-state index in [2.05, 4.69) is 4.98 Å². The van der Waals surface area contributed by atoms with Gasteiger partial charge in [0, 0.05) is 12.4 Å². The molecule has 0 aliphatic rings. The molecule has 10 heavy (non-hydrogen) atoms. The smallest absolute Gasteiger partial charge is 0.236 e. The van der Waals surface area contributed by atoms with Crippen LogP contribution in [-0.4, -0.2) is 16.1 Å². The molecule has 1 heterocycles. The van der Waals surface area contributed by atoms with Crippen LogP contribution in [0.15, 0.2) is 24.5 Å². The van der Waals surface area contributed by atoms with Gasteiger partial charge in [-0.1, -0.05) is 0 Å². The number of carbonyl (C=O) groups is 1. The highest BCUT2D eigenvalue weighted by Crippen LogP contribution is 1.80. The second kappa shape index (κ2) is 6.65. The first kappa shape index (κ1) is 9.53. The van der Waals surface area contributed by atoms with Crippen molar-refractivity contribution < 1.29 is 4.79 Å². The number of carbonyl (C=O) groups excluding carboxylic acids is 1. The Morgan fingerprint density at radius 1 is 1.40 bits per heavy atom. The van der Waals surface area contributed by atoms with E-state index >= 15 is 0 Å². The summed E-state index contributed by atoms with van der Waals surface area (Å²) in [4.78, 5) is 12.3. The highest BCUT2D eigenvalue weighted by atomic mass is 35.5. The molecule has 56 valence electrons. The van der Waals surface area contributed by atoms with Crippen molar-refractivity contribution in [2.45, 2.75) is 0 Å². The van der Waals surface area contributed by atoms with Crippen LogP contribution < -0.4 is 0 Å². The van der Waals surface area contributed by atoms with Crippen LogP contribution in [0.2, 0.25) is 0 Å². The van der Waals surface area contributed by atoms with E-state index in [1.807, 2.05) is 24.5 Å². The highest BCUT2D eigenvalue weighted by molar-refractivity contribution is 6.67. The van der Waals surface area contributed by atoms with Gasteiger partial charge >= 0.3 is 0 Å². The number of hydrogen-bond acceptors (Lipinski definition) is 1. The van der Waals surface area contributed by atoms with E-state index in [1.165, 1.54) is 0 Å². The van der Waals surface area contributed by atoms with Crippen molar-refractivity contribution >= 4 is 28.4 Å². The van der Waals surface area contributed by atoms with Crippen LogP contribution in [-0.2, 0) is 4.79 Å². The van der Waals surface area contributed by atoms with E-state index in [0.717, 1.165) is 0 Å². The number of aromatic amines is 1. The van der Waals surface area contributed by atoms with Gasteiger partial charge in [-0.3, -0.25) is 4.79 Å². The zero-order valence-corrected chi connectivity index (χ0v) is 6.69. The molecule has 1 aromatic heterocycles. The Hall–Kier alpha value is -0.470. The van der Waals surface area contributed by atoms with Gasteiger partial charge in [-0.2, -0.15) is 0 Å². The van der Waals surface area contributed by atoms with E-state index in [-0.39, 0.29) is 5.88 Å². The van der Waals surface area contributed by atoms with E-state index in [0.29, 0.717) is 0 Å². The number of halogens is 2. The molecule has 0 unspecified atom stereocenters. The maximum Gasteiger partial charge on any atom is 0.236 e. The molecule has 0 bridgehead atoms. The molecule has 0 spiro atoms. The van der Waals surface area contributed by atoms with Crippen molar-refractivity contribution in [3.8, 4) is 0 Å². The predicted octanol–water partition coefficient (Wildman–Crippen LogP) is 2.01. The summed E-state index contributed by atoms with van der Waals surface area (Å²) >= 11 is 9.55. The normalized spacial score (nSPS) is 7.80. The van der Waals surface area contributed by atoms with E-state index in [4.69, 9.17) is 23.2 Å². The van der Waals surface area contributed by atoms with Crippen LogP contribution in [0.4, 0.5) is 0 Å². The molecule has 0 amide bonds. The quantitative estimate of drug-likeness (QED) is 0.520. The first-order valence-corrected chi connectivity index (χ1v) is 3.50. The summed E-state index contributed by atoms with van der Waals surface area (Å²) in [6, 6.07) is 3.89. The number of nitrogens with one attached hydrogen (secondary N) is 1. The van der Waals surface area contributed by atoms with Gasteiger partial charge in [-0.25, -0.2) is 0 Å². The topological polar surface area (TPSA) is 32.9 Å². The van der Waals surface area contributed by atoms with Crippen molar-refractivity contribution in [3.05, 3.63) is 24.5 Å². The molecule has 4 heteroatoms. The molecule has 0 aliphatic carbocycles. The highest BCUT2D eigenvalue weighted by Gasteiger charge is 1.83. The Labute approximate surface area is 69.1 Å². The van der Waals surface area contributed by atoms with Gasteiger partial charge in [0.05, 0.1) is 5.88 Å². The lowest BCUT2D eigenvalue weighted by Crippen LogP contribution is -1.81. The van der Waals surface area contributed by atoms with Crippen LogP contribution in [0.5, 0.6) is 0 Å². The van der Waals surface area contributed by atoms with Crippen molar-refractivity contribution in [2.75, 3.05) is 5.88 Å². The first-order chi connectivity index (χ1) is 4.77. The van der Waals surface area contributed by atoms with E-state index in [1.54, 1.807) is 0 Å². The Morgan fingerprint density at radius 3 is 1.90 bits per heavy atom. The van der Waals surface area contributed by atoms with Crippen LogP contribution in [0.3, 0.4) is 0 Å². The molecule has 1 N–H and O–H groups in total. The van der Waals surface area contributed by atoms with Crippen LogP contribution in [0, 0.1) is 0 Å². The van der Waals surface area contributed by atoms with Gasteiger partial charge in [0.25, 0.3) is 0 Å². The summed E-state index contributed by atoms with van der Waals surface area (Å²) in [6.07, 6.45) is 3.75. The first-order valence-electron chi connectivity index (χ1n) is 2.59. The minimum absolute atomic E-state index is 0.0957. The van der Waals surface area contributed by atoms with Crippen molar-refractivity contribution in [1.82, 2.24) is 4.98 Å². The van der Waals surface area contributed by atoms with Gasteiger partial charge < -0.3 is 4.98 Å². The zero-order valence-electron chi connectivity index (χ0n) is 5.18. The van der Waals surface area contributed by atoms with Crippen molar-refractivity contribution in [2.24, 2.45) is 0 Å². The molecule has 0 aliphatic heterocycles. The molecule has 1 aromatic rings. The zero-order chi connectivity index (χ0) is 7.82. The Morgan fingerprint density at radius 2 is 1.80 bits per heavy atom. The number of aromatic nitrogens is 1. The maximum atomic E-state index is 9.45. The molecule has 0 fully saturated rings. The average Bonchev–Trinajstić information content (AvgIpc) is 2.43. The SMILES string of the molecule is O=C(Cl)CCl.c1cc[nH]c1. The van der Waals surface area contributed by atoms with E-state index < -0.39 is 5.24 Å².